The third-order valence-corrected chi connectivity index (χ3v) is 5.65. The highest BCUT2D eigenvalue weighted by Crippen LogP contribution is 2.23. The molecule has 0 aliphatic carbocycles. The molecule has 24 heavy (non-hydrogen) atoms. The van der Waals surface area contributed by atoms with Crippen LogP contribution in [0.4, 0.5) is 0 Å². The van der Waals surface area contributed by atoms with Crippen LogP contribution in [0.1, 0.15) is 27.8 Å². The first-order valence-electron chi connectivity index (χ1n) is 8.06. The Balaban J connectivity index is 2.01. The van der Waals surface area contributed by atoms with Gasteiger partial charge < -0.3 is 4.57 Å². The number of aromatic nitrogens is 1. The van der Waals surface area contributed by atoms with E-state index in [2.05, 4.69) is 49.2 Å². The van der Waals surface area contributed by atoms with Crippen molar-refractivity contribution in [3.63, 3.8) is 0 Å². The molecule has 0 aliphatic rings. The van der Waals surface area contributed by atoms with Crippen molar-refractivity contribution in [2.24, 2.45) is 12.0 Å². The third kappa shape index (κ3) is 3.06. The molecule has 0 aliphatic heterocycles. The summed E-state index contributed by atoms with van der Waals surface area (Å²) in [6, 6.07) is 10.4. The quantitative estimate of drug-likeness (QED) is 0.691. The number of rotatable bonds is 2. The highest BCUT2D eigenvalue weighted by atomic mass is 32.1. The molecule has 3 rings (SSSR count). The first-order valence-corrected chi connectivity index (χ1v) is 8.88. The van der Waals surface area contributed by atoms with Crippen LogP contribution in [0.3, 0.4) is 0 Å². The summed E-state index contributed by atoms with van der Waals surface area (Å²) < 4.78 is 3.20. The van der Waals surface area contributed by atoms with Gasteiger partial charge in [0.05, 0.1) is 16.6 Å². The van der Waals surface area contributed by atoms with Gasteiger partial charge in [0.25, 0.3) is 5.91 Å². The van der Waals surface area contributed by atoms with Crippen LogP contribution in [0.2, 0.25) is 0 Å². The first kappa shape index (κ1) is 16.7. The molecule has 1 aromatic heterocycles. The van der Waals surface area contributed by atoms with Crippen LogP contribution in [0.15, 0.2) is 35.3 Å². The molecule has 0 saturated carbocycles. The number of hydrogen-bond donors (Lipinski definition) is 0. The third-order valence-electron chi connectivity index (χ3n) is 4.56. The molecule has 0 fully saturated rings. The molecule has 124 valence electrons. The van der Waals surface area contributed by atoms with E-state index in [1.807, 2.05) is 25.5 Å². The summed E-state index contributed by atoms with van der Waals surface area (Å²) in [4.78, 5) is 17.6. The maximum Gasteiger partial charge on any atom is 0.252 e. The van der Waals surface area contributed by atoms with Crippen LogP contribution in [0.25, 0.3) is 10.2 Å². The van der Waals surface area contributed by atoms with Gasteiger partial charge in [0.15, 0.2) is 4.80 Å². The fourth-order valence-electron chi connectivity index (χ4n) is 2.94. The summed E-state index contributed by atoms with van der Waals surface area (Å²) in [5, 5.41) is 0. The summed E-state index contributed by atoms with van der Waals surface area (Å²) in [7, 11) is 1.98. The van der Waals surface area contributed by atoms with E-state index in [0.717, 1.165) is 15.9 Å². The van der Waals surface area contributed by atoms with E-state index in [1.165, 1.54) is 26.9 Å². The van der Waals surface area contributed by atoms with E-state index in [1.54, 1.807) is 11.3 Å². The average molecular weight is 338 g/mol. The van der Waals surface area contributed by atoms with Gasteiger partial charge in [-0.05, 0) is 56.0 Å². The zero-order valence-electron chi connectivity index (χ0n) is 14.8. The molecule has 1 heterocycles. The molecule has 0 saturated heterocycles. The largest absolute Gasteiger partial charge is 0.319 e. The first-order chi connectivity index (χ1) is 11.4. The summed E-state index contributed by atoms with van der Waals surface area (Å²) in [5.74, 6) is -0.0970. The Kier molecular flexibility index (Phi) is 4.41. The second-order valence-electron chi connectivity index (χ2n) is 6.41. The molecule has 0 atom stereocenters. The molecule has 3 aromatic rings. The molecule has 0 bridgehead atoms. The number of aryl methyl sites for hydroxylation is 5. The molecule has 0 radical (unpaired) electrons. The summed E-state index contributed by atoms with van der Waals surface area (Å²) in [6.45, 7) is 8.30. The Hall–Kier alpha value is -2.20. The van der Waals surface area contributed by atoms with Gasteiger partial charge in [0.1, 0.15) is 0 Å². The van der Waals surface area contributed by atoms with E-state index in [0.29, 0.717) is 6.42 Å². The van der Waals surface area contributed by atoms with E-state index in [9.17, 15) is 4.79 Å². The predicted molar refractivity (Wildman–Crippen MR) is 100 cm³/mol. The van der Waals surface area contributed by atoms with E-state index < -0.39 is 0 Å². The van der Waals surface area contributed by atoms with Crippen molar-refractivity contribution >= 4 is 27.5 Å². The van der Waals surface area contributed by atoms with Crippen molar-refractivity contribution in [3.8, 4) is 0 Å². The maximum atomic E-state index is 12.5. The minimum Gasteiger partial charge on any atom is -0.319 e. The van der Waals surface area contributed by atoms with Gasteiger partial charge in [-0.25, -0.2) is 0 Å². The van der Waals surface area contributed by atoms with Gasteiger partial charge in [-0.15, -0.1) is 0 Å². The summed E-state index contributed by atoms with van der Waals surface area (Å²) in [6.07, 6.45) is 0.347. The van der Waals surface area contributed by atoms with Crippen molar-refractivity contribution in [2.45, 2.75) is 34.1 Å². The van der Waals surface area contributed by atoms with Crippen molar-refractivity contribution in [1.29, 1.82) is 0 Å². The normalized spacial score (nSPS) is 12.1. The van der Waals surface area contributed by atoms with Crippen LogP contribution >= 0.6 is 11.3 Å². The molecule has 0 N–H and O–H groups in total. The van der Waals surface area contributed by atoms with Crippen molar-refractivity contribution in [1.82, 2.24) is 4.57 Å². The lowest BCUT2D eigenvalue weighted by atomic mass is 10.0. The Morgan fingerprint density at radius 3 is 2.54 bits per heavy atom. The molecule has 2 aromatic carbocycles. The minimum absolute atomic E-state index is 0.0970. The smallest absolute Gasteiger partial charge is 0.252 e. The topological polar surface area (TPSA) is 34.4 Å². The maximum absolute atomic E-state index is 12.5. The molecular weight excluding hydrogens is 316 g/mol. The van der Waals surface area contributed by atoms with E-state index in [4.69, 9.17) is 0 Å². The molecule has 1 amide bonds. The molecule has 0 spiro atoms. The molecule has 4 heteroatoms. The van der Waals surface area contributed by atoms with Crippen LogP contribution in [-0.4, -0.2) is 10.5 Å². The lowest BCUT2D eigenvalue weighted by molar-refractivity contribution is -0.117. The number of amides is 1. The van der Waals surface area contributed by atoms with Gasteiger partial charge in [0, 0.05) is 7.05 Å². The molecule has 0 unspecified atom stereocenters. The fourth-order valence-corrected chi connectivity index (χ4v) is 4.03. The highest BCUT2D eigenvalue weighted by molar-refractivity contribution is 7.16. The second kappa shape index (κ2) is 6.36. The monoisotopic (exact) mass is 338 g/mol. The number of thiazole rings is 1. The number of hydrogen-bond acceptors (Lipinski definition) is 2. The van der Waals surface area contributed by atoms with Crippen LogP contribution < -0.4 is 4.80 Å². The SMILES string of the molecule is Cc1ccc(C)c(CC(=O)N=c2sc3ccc(C)c(C)c3n2C)c1. The van der Waals surface area contributed by atoms with Crippen molar-refractivity contribution in [2.75, 3.05) is 0 Å². The van der Waals surface area contributed by atoms with Gasteiger partial charge >= 0.3 is 0 Å². The fraction of sp³-hybridized carbons (Fsp3) is 0.300. The van der Waals surface area contributed by atoms with Crippen LogP contribution in [0.5, 0.6) is 0 Å². The van der Waals surface area contributed by atoms with Crippen LogP contribution in [-0.2, 0) is 18.3 Å². The number of benzene rings is 2. The lowest BCUT2D eigenvalue weighted by Crippen LogP contribution is -2.15. The second-order valence-corrected chi connectivity index (χ2v) is 7.42. The van der Waals surface area contributed by atoms with Crippen molar-refractivity contribution < 1.29 is 4.79 Å². The Morgan fingerprint density at radius 1 is 1.08 bits per heavy atom. The number of carbonyl (C=O) groups excluding carboxylic acids is 1. The summed E-state index contributed by atoms with van der Waals surface area (Å²) >= 11 is 1.57. The van der Waals surface area contributed by atoms with Crippen molar-refractivity contribution in [3.05, 3.63) is 63.0 Å². The minimum atomic E-state index is -0.0970. The molecule has 3 nitrogen and oxygen atoms in total. The Bertz CT molecular complexity index is 1010. The highest BCUT2D eigenvalue weighted by Gasteiger charge is 2.10. The van der Waals surface area contributed by atoms with Crippen LogP contribution in [0, 0.1) is 27.7 Å². The molecular formula is C20H22N2OS. The zero-order valence-corrected chi connectivity index (χ0v) is 15.6. The summed E-state index contributed by atoms with van der Waals surface area (Å²) in [5.41, 5.74) is 7.02. The van der Waals surface area contributed by atoms with E-state index in [-0.39, 0.29) is 5.91 Å². The Labute approximate surface area is 146 Å². The number of nitrogens with zero attached hydrogens (tertiary/aromatic N) is 2. The average Bonchev–Trinajstić information content (AvgIpc) is 2.84. The van der Waals surface area contributed by atoms with Gasteiger partial charge in [0.2, 0.25) is 0 Å². The van der Waals surface area contributed by atoms with Gasteiger partial charge in [-0.3, -0.25) is 4.79 Å². The number of carbonyl (C=O) groups is 1. The van der Waals surface area contributed by atoms with Gasteiger partial charge in [-0.1, -0.05) is 41.2 Å². The lowest BCUT2D eigenvalue weighted by Gasteiger charge is -2.04. The van der Waals surface area contributed by atoms with E-state index >= 15 is 0 Å². The Morgan fingerprint density at radius 2 is 1.79 bits per heavy atom. The van der Waals surface area contributed by atoms with Gasteiger partial charge in [-0.2, -0.15) is 4.99 Å². The number of fused-ring (bicyclic) bond motifs is 1. The zero-order chi connectivity index (χ0) is 17.4. The standard InChI is InChI=1S/C20H22N2OS/c1-12-6-7-14(3)16(10-12)11-18(23)21-20-22(5)19-15(4)13(2)8-9-17(19)24-20/h6-10H,11H2,1-5H3. The predicted octanol–water partition coefficient (Wildman–Crippen LogP) is 4.14.